The minimum atomic E-state index is -3.62. The Kier molecular flexibility index (Phi) is 3.75. The summed E-state index contributed by atoms with van der Waals surface area (Å²) in [5.74, 6) is 0. The van der Waals surface area contributed by atoms with E-state index in [-0.39, 0.29) is 4.90 Å². The molecular weight excluding hydrogens is 274 g/mol. The van der Waals surface area contributed by atoms with Crippen LogP contribution in [-0.4, -0.2) is 30.6 Å². The van der Waals surface area contributed by atoms with Gasteiger partial charge in [-0.1, -0.05) is 17.7 Å². The summed E-state index contributed by atoms with van der Waals surface area (Å²) in [6, 6.07) is 5.86. The molecule has 0 spiro atoms. The number of nitrogens with zero attached hydrogens (tertiary/aromatic N) is 1. The van der Waals surface area contributed by atoms with E-state index in [1.807, 2.05) is 6.92 Å². The zero-order chi connectivity index (χ0) is 13.3. The summed E-state index contributed by atoms with van der Waals surface area (Å²) in [6.45, 7) is 2.23. The maximum Gasteiger partial charge on any atom is 0.243 e. The molecule has 98 valence electrons. The number of aryl methyl sites for hydroxylation is 1. The lowest BCUT2D eigenvalue weighted by Gasteiger charge is -2.21. The van der Waals surface area contributed by atoms with E-state index in [2.05, 4.69) is 0 Å². The minimum absolute atomic E-state index is 0.206. The first-order valence-electron chi connectivity index (χ1n) is 5.71. The van der Waals surface area contributed by atoms with Crippen LogP contribution in [0.2, 0.25) is 0 Å². The first kappa shape index (κ1) is 13.5. The molecule has 1 saturated heterocycles. The second-order valence-corrected chi connectivity index (χ2v) is 6.65. The van der Waals surface area contributed by atoms with Crippen molar-refractivity contribution in [1.82, 2.24) is 4.31 Å². The molecule has 0 bridgehead atoms. The van der Waals surface area contributed by atoms with Gasteiger partial charge in [-0.15, -0.1) is 0 Å². The first-order valence-corrected chi connectivity index (χ1v) is 7.52. The van der Waals surface area contributed by atoms with Gasteiger partial charge < -0.3 is 0 Å². The van der Waals surface area contributed by atoms with E-state index in [4.69, 9.17) is 11.6 Å². The Balaban J connectivity index is 2.36. The van der Waals surface area contributed by atoms with Gasteiger partial charge in [-0.25, -0.2) is 8.42 Å². The molecule has 0 aliphatic carbocycles. The van der Waals surface area contributed by atoms with Gasteiger partial charge in [0.2, 0.25) is 15.3 Å². The van der Waals surface area contributed by atoms with Crippen molar-refractivity contribution >= 4 is 26.9 Å². The molecule has 1 aromatic carbocycles. The van der Waals surface area contributed by atoms with E-state index < -0.39 is 21.3 Å². The molecule has 1 unspecified atom stereocenters. The average Bonchev–Trinajstić information content (AvgIpc) is 2.79. The molecule has 0 saturated carbocycles. The molecule has 0 radical (unpaired) electrons. The van der Waals surface area contributed by atoms with Gasteiger partial charge in [-0.05, 0) is 43.5 Å². The lowest BCUT2D eigenvalue weighted by atomic mass is 10.2. The molecule has 1 heterocycles. The molecule has 0 N–H and O–H groups in total. The van der Waals surface area contributed by atoms with Gasteiger partial charge >= 0.3 is 0 Å². The Morgan fingerprint density at radius 1 is 1.33 bits per heavy atom. The summed E-state index contributed by atoms with van der Waals surface area (Å²) in [4.78, 5) is 11.5. The number of rotatable bonds is 3. The molecule has 6 heteroatoms. The summed E-state index contributed by atoms with van der Waals surface area (Å²) < 4.78 is 26.0. The van der Waals surface area contributed by atoms with Crippen LogP contribution in [0, 0.1) is 6.92 Å². The smallest absolute Gasteiger partial charge is 0.243 e. The first-order chi connectivity index (χ1) is 8.43. The van der Waals surface area contributed by atoms with Gasteiger partial charge in [0, 0.05) is 6.54 Å². The van der Waals surface area contributed by atoms with Crippen molar-refractivity contribution in [2.45, 2.75) is 30.7 Å². The van der Waals surface area contributed by atoms with Crippen LogP contribution in [0.25, 0.3) is 0 Å². The SMILES string of the molecule is Cc1ccc(S(=O)(=O)N2CCCC2C(=O)Cl)cc1. The van der Waals surface area contributed by atoms with E-state index >= 15 is 0 Å². The summed E-state index contributed by atoms with van der Waals surface area (Å²) in [5.41, 5.74) is 0.986. The molecule has 1 aliphatic heterocycles. The minimum Gasteiger partial charge on any atom is -0.279 e. The van der Waals surface area contributed by atoms with E-state index in [1.54, 1.807) is 24.3 Å². The molecule has 0 amide bonds. The van der Waals surface area contributed by atoms with Gasteiger partial charge in [-0.3, -0.25) is 4.79 Å². The van der Waals surface area contributed by atoms with Crippen LogP contribution in [0.5, 0.6) is 0 Å². The van der Waals surface area contributed by atoms with Crippen LogP contribution in [0.15, 0.2) is 29.2 Å². The molecule has 1 aromatic rings. The maximum absolute atomic E-state index is 12.4. The Morgan fingerprint density at radius 3 is 2.50 bits per heavy atom. The number of sulfonamides is 1. The van der Waals surface area contributed by atoms with E-state index in [0.29, 0.717) is 19.4 Å². The fourth-order valence-corrected chi connectivity index (χ4v) is 4.04. The fourth-order valence-electron chi connectivity index (χ4n) is 2.10. The summed E-state index contributed by atoms with van der Waals surface area (Å²) in [7, 11) is -3.62. The van der Waals surface area contributed by atoms with Crippen LogP contribution < -0.4 is 0 Å². The number of benzene rings is 1. The van der Waals surface area contributed by atoms with Crippen molar-refractivity contribution in [2.24, 2.45) is 0 Å². The Bertz CT molecular complexity index is 553. The number of carbonyl (C=O) groups is 1. The van der Waals surface area contributed by atoms with Crippen molar-refractivity contribution in [2.75, 3.05) is 6.54 Å². The normalized spacial score (nSPS) is 21.1. The topological polar surface area (TPSA) is 54.5 Å². The Labute approximate surface area is 112 Å². The summed E-state index contributed by atoms with van der Waals surface area (Å²) >= 11 is 5.45. The highest BCUT2D eigenvalue weighted by Crippen LogP contribution is 2.27. The number of carbonyl (C=O) groups excluding carboxylic acids is 1. The van der Waals surface area contributed by atoms with Gasteiger partial charge in [0.05, 0.1) is 10.9 Å². The molecule has 1 fully saturated rings. The predicted molar refractivity (Wildman–Crippen MR) is 69.0 cm³/mol. The monoisotopic (exact) mass is 287 g/mol. The highest BCUT2D eigenvalue weighted by Gasteiger charge is 2.38. The molecule has 18 heavy (non-hydrogen) atoms. The van der Waals surface area contributed by atoms with E-state index in [9.17, 15) is 13.2 Å². The number of hydrogen-bond acceptors (Lipinski definition) is 3. The van der Waals surface area contributed by atoms with Crippen LogP contribution in [0.3, 0.4) is 0 Å². The van der Waals surface area contributed by atoms with E-state index in [1.165, 1.54) is 4.31 Å². The fraction of sp³-hybridized carbons (Fsp3) is 0.417. The number of hydrogen-bond donors (Lipinski definition) is 0. The molecule has 0 aromatic heterocycles. The van der Waals surface area contributed by atoms with Crippen molar-refractivity contribution in [3.63, 3.8) is 0 Å². The average molecular weight is 288 g/mol. The Hall–Kier alpha value is -0.910. The highest BCUT2D eigenvalue weighted by atomic mass is 35.5. The van der Waals surface area contributed by atoms with Crippen molar-refractivity contribution in [1.29, 1.82) is 0 Å². The molecule has 4 nitrogen and oxygen atoms in total. The Morgan fingerprint density at radius 2 is 1.94 bits per heavy atom. The molecular formula is C12H14ClNO3S. The molecule has 1 atom stereocenters. The lowest BCUT2D eigenvalue weighted by molar-refractivity contribution is -0.114. The second kappa shape index (κ2) is 4.99. The van der Waals surface area contributed by atoms with Crippen LogP contribution in [-0.2, 0) is 14.8 Å². The van der Waals surface area contributed by atoms with Crippen molar-refractivity contribution in [3.8, 4) is 0 Å². The zero-order valence-corrected chi connectivity index (χ0v) is 11.5. The van der Waals surface area contributed by atoms with Crippen LogP contribution >= 0.6 is 11.6 Å². The van der Waals surface area contributed by atoms with Gasteiger partial charge in [0.25, 0.3) is 0 Å². The van der Waals surface area contributed by atoms with Crippen LogP contribution in [0.4, 0.5) is 0 Å². The van der Waals surface area contributed by atoms with Crippen molar-refractivity contribution in [3.05, 3.63) is 29.8 Å². The van der Waals surface area contributed by atoms with Gasteiger partial charge in [0.15, 0.2) is 0 Å². The third-order valence-corrected chi connectivity index (χ3v) is 5.27. The van der Waals surface area contributed by atoms with Crippen molar-refractivity contribution < 1.29 is 13.2 Å². The third-order valence-electron chi connectivity index (χ3n) is 3.09. The third kappa shape index (κ3) is 2.43. The molecule has 2 rings (SSSR count). The lowest BCUT2D eigenvalue weighted by Crippen LogP contribution is -2.38. The zero-order valence-electron chi connectivity index (χ0n) is 9.97. The second-order valence-electron chi connectivity index (χ2n) is 4.39. The largest absolute Gasteiger partial charge is 0.279 e. The maximum atomic E-state index is 12.4. The standard InChI is InChI=1S/C12H14ClNO3S/c1-9-4-6-10(7-5-9)18(16,17)14-8-2-3-11(14)12(13)15/h4-7,11H,2-3,8H2,1H3. The van der Waals surface area contributed by atoms with Crippen LogP contribution in [0.1, 0.15) is 18.4 Å². The summed E-state index contributed by atoms with van der Waals surface area (Å²) in [6.07, 6.45) is 1.15. The van der Waals surface area contributed by atoms with E-state index in [0.717, 1.165) is 5.56 Å². The number of halogens is 1. The van der Waals surface area contributed by atoms with Gasteiger partial charge in [0.1, 0.15) is 0 Å². The molecule has 1 aliphatic rings. The highest BCUT2D eigenvalue weighted by molar-refractivity contribution is 7.89. The summed E-state index contributed by atoms with van der Waals surface area (Å²) in [5, 5.41) is -0.608. The quantitative estimate of drug-likeness (QED) is 0.798. The van der Waals surface area contributed by atoms with Gasteiger partial charge in [-0.2, -0.15) is 4.31 Å². The predicted octanol–water partition coefficient (Wildman–Crippen LogP) is 1.91.